The van der Waals surface area contributed by atoms with Crippen LogP contribution in [0, 0.1) is 0 Å². The van der Waals surface area contributed by atoms with Crippen molar-refractivity contribution in [1.29, 1.82) is 0 Å². The Balaban J connectivity index is 2.09. The summed E-state index contributed by atoms with van der Waals surface area (Å²) in [5.74, 6) is 2.73. The van der Waals surface area contributed by atoms with Crippen LogP contribution >= 0.6 is 11.8 Å². The molecule has 0 bridgehead atoms. The summed E-state index contributed by atoms with van der Waals surface area (Å²) in [6.07, 6.45) is 8.40. The minimum Gasteiger partial charge on any atom is -0.264 e. The fourth-order valence-corrected chi connectivity index (χ4v) is 1.28. The predicted octanol–water partition coefficient (Wildman–Crippen LogP) is 2.73. The summed E-state index contributed by atoms with van der Waals surface area (Å²) in [5.41, 5.74) is 1.59. The van der Waals surface area contributed by atoms with Crippen molar-refractivity contribution in [3.05, 3.63) is 54.6 Å². The van der Waals surface area contributed by atoms with E-state index >= 15 is 0 Å². The highest BCUT2D eigenvalue weighted by atomic mass is 35.5. The van der Waals surface area contributed by atoms with Gasteiger partial charge in [0.05, 0.1) is 11.9 Å². The zero-order valence-corrected chi connectivity index (χ0v) is 9.62. The van der Waals surface area contributed by atoms with Crippen LogP contribution in [0.4, 0.5) is 5.69 Å². The van der Waals surface area contributed by atoms with Gasteiger partial charge in [-0.2, -0.15) is 4.53 Å². The van der Waals surface area contributed by atoms with E-state index in [2.05, 4.69) is 20.9 Å². The van der Waals surface area contributed by atoms with Crippen molar-refractivity contribution in [3.63, 3.8) is 0 Å². The van der Waals surface area contributed by atoms with Crippen molar-refractivity contribution in [2.45, 2.75) is 0 Å². The molecule has 84 valence electrons. The lowest BCUT2D eigenvalue weighted by atomic mass is 10.3. The van der Waals surface area contributed by atoms with Gasteiger partial charge in [0.2, 0.25) is 0 Å². The number of rotatable bonds is 3. The minimum atomic E-state index is 0.682. The van der Waals surface area contributed by atoms with Gasteiger partial charge >= 0.3 is 0 Å². The fraction of sp³-hybridized carbons (Fsp3) is 0. The number of hydrogen-bond donors (Lipinski definition) is 0. The van der Waals surface area contributed by atoms with Crippen LogP contribution in [-0.2, 0) is 0 Å². The Morgan fingerprint density at radius 3 is 2.59 bits per heavy atom. The van der Waals surface area contributed by atoms with Crippen LogP contribution in [-0.4, -0.2) is 15.8 Å². The van der Waals surface area contributed by atoms with Gasteiger partial charge in [0.15, 0.2) is 0 Å². The average Bonchev–Trinajstić information content (AvgIpc) is 2.41. The molecule has 17 heavy (non-hydrogen) atoms. The topological polar surface area (TPSA) is 41.4 Å². The van der Waals surface area contributed by atoms with E-state index in [9.17, 15) is 0 Å². The molecule has 2 aromatic heterocycles. The maximum absolute atomic E-state index is 5.90. The standard InChI is InChI=1S/C12H9ClN4/c13-17(12-4-2-7-15-10-12)16-8-5-11-3-1-6-14-9-11/h1-7,9-10H. The van der Waals surface area contributed by atoms with E-state index in [0.717, 1.165) is 5.56 Å². The van der Waals surface area contributed by atoms with Crippen LogP contribution in [0.15, 0.2) is 54.2 Å². The SMILES string of the molecule is ClN(N=C=Cc1cccnc1)c1cccnc1. The molecular weight excluding hydrogens is 236 g/mol. The molecule has 2 rings (SSSR count). The monoisotopic (exact) mass is 244 g/mol. The summed E-state index contributed by atoms with van der Waals surface area (Å²) >= 11 is 5.90. The molecule has 0 spiro atoms. The Labute approximate surface area is 104 Å². The van der Waals surface area contributed by atoms with Crippen molar-refractivity contribution in [2.75, 3.05) is 4.53 Å². The number of aromatic nitrogens is 2. The highest BCUT2D eigenvalue weighted by Crippen LogP contribution is 2.13. The number of hydrogen-bond acceptors (Lipinski definition) is 4. The van der Waals surface area contributed by atoms with E-state index in [1.807, 2.05) is 12.1 Å². The Kier molecular flexibility index (Phi) is 3.86. The molecule has 0 amide bonds. The predicted molar refractivity (Wildman–Crippen MR) is 68.7 cm³/mol. The van der Waals surface area contributed by atoms with Gasteiger partial charge in [0, 0.05) is 47.9 Å². The number of hydrazone groups is 1. The average molecular weight is 245 g/mol. The van der Waals surface area contributed by atoms with Crippen LogP contribution in [0.1, 0.15) is 5.56 Å². The zero-order valence-electron chi connectivity index (χ0n) is 8.86. The van der Waals surface area contributed by atoms with Gasteiger partial charge in [0.25, 0.3) is 0 Å². The number of anilines is 1. The molecule has 0 radical (unpaired) electrons. The molecule has 0 saturated carbocycles. The van der Waals surface area contributed by atoms with Gasteiger partial charge in [0.1, 0.15) is 0 Å². The molecule has 0 aromatic carbocycles. The first-order chi connectivity index (χ1) is 8.36. The third-order valence-electron chi connectivity index (χ3n) is 1.92. The molecule has 0 atom stereocenters. The van der Waals surface area contributed by atoms with E-state index in [1.165, 1.54) is 4.53 Å². The molecule has 0 N–H and O–H groups in total. The summed E-state index contributed by atoms with van der Waals surface area (Å²) in [5, 5.41) is 3.92. The quantitative estimate of drug-likeness (QED) is 0.474. The first-order valence-corrected chi connectivity index (χ1v) is 5.25. The lowest BCUT2D eigenvalue weighted by Crippen LogP contribution is -1.99. The van der Waals surface area contributed by atoms with Gasteiger partial charge in [-0.1, -0.05) is 6.07 Å². The van der Waals surface area contributed by atoms with E-state index in [-0.39, 0.29) is 0 Å². The summed E-state index contributed by atoms with van der Waals surface area (Å²) < 4.78 is 1.18. The Morgan fingerprint density at radius 1 is 1.18 bits per heavy atom. The van der Waals surface area contributed by atoms with Crippen molar-refractivity contribution in [2.24, 2.45) is 5.10 Å². The third kappa shape index (κ3) is 3.41. The van der Waals surface area contributed by atoms with Crippen LogP contribution in [0.3, 0.4) is 0 Å². The summed E-state index contributed by atoms with van der Waals surface area (Å²) in [6.45, 7) is 0. The van der Waals surface area contributed by atoms with Crippen molar-refractivity contribution >= 4 is 29.4 Å². The van der Waals surface area contributed by atoms with Gasteiger partial charge in [-0.05, 0) is 18.2 Å². The summed E-state index contributed by atoms with van der Waals surface area (Å²) in [4.78, 5) is 7.91. The number of pyridine rings is 2. The molecular formula is C12H9ClN4. The van der Waals surface area contributed by atoms with Crippen molar-refractivity contribution in [1.82, 2.24) is 9.97 Å². The van der Waals surface area contributed by atoms with Crippen LogP contribution in [0.5, 0.6) is 0 Å². The summed E-state index contributed by atoms with van der Waals surface area (Å²) in [7, 11) is 0. The Morgan fingerprint density at radius 2 is 1.94 bits per heavy atom. The molecule has 4 nitrogen and oxygen atoms in total. The zero-order chi connectivity index (χ0) is 11.9. The second kappa shape index (κ2) is 5.80. The Hall–Kier alpha value is -2.16. The van der Waals surface area contributed by atoms with E-state index < -0.39 is 0 Å². The van der Waals surface area contributed by atoms with E-state index in [4.69, 9.17) is 11.8 Å². The van der Waals surface area contributed by atoms with Crippen LogP contribution in [0.25, 0.3) is 6.08 Å². The first kappa shape index (κ1) is 11.3. The maximum atomic E-state index is 5.90. The second-order valence-electron chi connectivity index (χ2n) is 3.13. The van der Waals surface area contributed by atoms with Gasteiger partial charge < -0.3 is 0 Å². The number of nitrogens with zero attached hydrogens (tertiary/aromatic N) is 4. The highest BCUT2D eigenvalue weighted by molar-refractivity contribution is 6.25. The van der Waals surface area contributed by atoms with Gasteiger partial charge in [-0.15, -0.1) is 5.10 Å². The molecule has 5 heteroatoms. The molecule has 2 heterocycles. The second-order valence-corrected chi connectivity index (χ2v) is 3.45. The van der Waals surface area contributed by atoms with E-state index in [1.54, 1.807) is 43.0 Å². The summed E-state index contributed by atoms with van der Waals surface area (Å²) in [6, 6.07) is 7.32. The smallest absolute Gasteiger partial charge is 0.0973 e. The molecule has 0 aliphatic rings. The molecule has 2 aromatic rings. The lowest BCUT2D eigenvalue weighted by molar-refractivity contribution is 1.17. The molecule has 0 aliphatic carbocycles. The van der Waals surface area contributed by atoms with Gasteiger partial charge in [-0.25, -0.2) is 0 Å². The minimum absolute atomic E-state index is 0.682. The van der Waals surface area contributed by atoms with Crippen LogP contribution < -0.4 is 4.53 Å². The largest absolute Gasteiger partial charge is 0.264 e. The maximum Gasteiger partial charge on any atom is 0.0973 e. The third-order valence-corrected chi connectivity index (χ3v) is 2.19. The van der Waals surface area contributed by atoms with Gasteiger partial charge in [-0.3, -0.25) is 9.97 Å². The lowest BCUT2D eigenvalue weighted by Gasteiger charge is -2.04. The van der Waals surface area contributed by atoms with Crippen molar-refractivity contribution < 1.29 is 0 Å². The van der Waals surface area contributed by atoms with Crippen molar-refractivity contribution in [3.8, 4) is 0 Å². The molecule has 0 saturated heterocycles. The molecule has 0 unspecified atom stereocenters. The highest BCUT2D eigenvalue weighted by Gasteiger charge is 1.97. The normalized spacial score (nSPS) is 9.24. The van der Waals surface area contributed by atoms with E-state index in [0.29, 0.717) is 5.69 Å². The molecule has 0 aliphatic heterocycles. The first-order valence-electron chi connectivity index (χ1n) is 4.91. The number of halogens is 1. The fourth-order valence-electron chi connectivity index (χ4n) is 1.14. The Bertz CT molecular complexity index is 521. The molecule has 0 fully saturated rings. The van der Waals surface area contributed by atoms with Crippen LogP contribution in [0.2, 0.25) is 0 Å².